The van der Waals surface area contributed by atoms with Crippen LogP contribution in [0.1, 0.15) is 22.3 Å². The summed E-state index contributed by atoms with van der Waals surface area (Å²) in [6.45, 7) is 0. The standard InChI is InChI=1S/C27H14I4N2/c28-24-10-20(11-25(29)22(24)14-32)18-5-1-16(2-6-18)9-17-3-7-19(8-4-17)21-12-26(30)23(15-33)27(31)13-21/h1-8,10-13H,9H2. The highest BCUT2D eigenvalue weighted by Gasteiger charge is 2.10. The molecule has 0 saturated heterocycles. The molecule has 0 atom stereocenters. The molecule has 4 aromatic rings. The Kier molecular flexibility index (Phi) is 8.31. The summed E-state index contributed by atoms with van der Waals surface area (Å²) in [5.74, 6) is 0. The second kappa shape index (κ2) is 11.0. The van der Waals surface area contributed by atoms with Gasteiger partial charge in [0.2, 0.25) is 0 Å². The first-order chi connectivity index (χ1) is 15.9. The Morgan fingerprint density at radius 1 is 0.485 bits per heavy atom. The van der Waals surface area contributed by atoms with Crippen LogP contribution in [0.3, 0.4) is 0 Å². The Morgan fingerprint density at radius 3 is 1.06 bits per heavy atom. The van der Waals surface area contributed by atoms with Crippen molar-refractivity contribution in [2.75, 3.05) is 0 Å². The average molecular weight is 874 g/mol. The highest BCUT2D eigenvalue weighted by Crippen LogP contribution is 2.30. The Hall–Kier alpha value is -1.22. The van der Waals surface area contributed by atoms with Gasteiger partial charge in [-0.3, -0.25) is 0 Å². The molecule has 33 heavy (non-hydrogen) atoms. The molecule has 0 N–H and O–H groups in total. The molecule has 0 amide bonds. The summed E-state index contributed by atoms with van der Waals surface area (Å²) in [5, 5.41) is 18.6. The molecule has 0 aromatic heterocycles. The van der Waals surface area contributed by atoms with Gasteiger partial charge in [0, 0.05) is 14.3 Å². The molecule has 0 spiro atoms. The zero-order valence-corrected chi connectivity index (χ0v) is 25.7. The molecular formula is C27H14I4N2. The summed E-state index contributed by atoms with van der Waals surface area (Å²) in [5.41, 5.74) is 8.56. The van der Waals surface area contributed by atoms with Crippen molar-refractivity contribution in [3.63, 3.8) is 0 Å². The van der Waals surface area contributed by atoms with Crippen LogP contribution >= 0.6 is 90.4 Å². The zero-order valence-electron chi connectivity index (χ0n) is 17.0. The average Bonchev–Trinajstić information content (AvgIpc) is 2.79. The molecule has 6 heteroatoms. The van der Waals surface area contributed by atoms with Gasteiger partial charge in [-0.2, -0.15) is 10.5 Å². The minimum atomic E-state index is 0.741. The molecule has 4 rings (SSSR count). The Labute approximate surface area is 248 Å². The van der Waals surface area contributed by atoms with E-state index in [1.54, 1.807) is 0 Å². The van der Waals surface area contributed by atoms with Crippen LogP contribution in [0.25, 0.3) is 22.3 Å². The van der Waals surface area contributed by atoms with Gasteiger partial charge in [0.05, 0.1) is 11.1 Å². The number of hydrogen-bond donors (Lipinski definition) is 0. The summed E-state index contributed by atoms with van der Waals surface area (Å²) in [7, 11) is 0. The van der Waals surface area contributed by atoms with E-state index in [2.05, 4.69) is 175 Å². The topological polar surface area (TPSA) is 47.6 Å². The number of halogens is 4. The predicted octanol–water partition coefficient (Wildman–Crippen LogP) is 8.77. The van der Waals surface area contributed by atoms with Crippen molar-refractivity contribution in [3.8, 4) is 34.4 Å². The van der Waals surface area contributed by atoms with Gasteiger partial charge in [0.25, 0.3) is 0 Å². The first-order valence-corrected chi connectivity index (χ1v) is 14.2. The van der Waals surface area contributed by atoms with Crippen molar-refractivity contribution in [1.82, 2.24) is 0 Å². The summed E-state index contributed by atoms with van der Waals surface area (Å²) < 4.78 is 3.92. The molecule has 0 fully saturated rings. The quantitative estimate of drug-likeness (QED) is 0.193. The molecule has 160 valence electrons. The third-order valence-corrected chi connectivity index (χ3v) is 8.69. The van der Waals surface area contributed by atoms with E-state index in [-0.39, 0.29) is 0 Å². The van der Waals surface area contributed by atoms with Gasteiger partial charge in [0.1, 0.15) is 12.1 Å². The second-order valence-corrected chi connectivity index (χ2v) is 12.1. The van der Waals surface area contributed by atoms with Gasteiger partial charge in [-0.25, -0.2) is 0 Å². The maximum atomic E-state index is 9.29. The summed E-state index contributed by atoms with van der Waals surface area (Å²) in [6.07, 6.45) is 0.867. The largest absolute Gasteiger partial charge is 0.192 e. The van der Waals surface area contributed by atoms with Crippen LogP contribution in [0, 0.1) is 36.9 Å². The van der Waals surface area contributed by atoms with Crippen molar-refractivity contribution in [3.05, 3.63) is 109 Å². The van der Waals surface area contributed by atoms with E-state index in [4.69, 9.17) is 0 Å². The maximum Gasteiger partial charge on any atom is 0.101 e. The minimum absolute atomic E-state index is 0.741. The lowest BCUT2D eigenvalue weighted by Crippen LogP contribution is -1.92. The van der Waals surface area contributed by atoms with Gasteiger partial charge >= 0.3 is 0 Å². The van der Waals surface area contributed by atoms with Gasteiger partial charge in [-0.1, -0.05) is 48.5 Å². The molecule has 0 aliphatic rings. The van der Waals surface area contributed by atoms with Crippen molar-refractivity contribution < 1.29 is 0 Å². The van der Waals surface area contributed by atoms with Crippen LogP contribution in [0.4, 0.5) is 0 Å². The predicted molar refractivity (Wildman–Crippen MR) is 167 cm³/mol. The van der Waals surface area contributed by atoms with Crippen molar-refractivity contribution in [2.24, 2.45) is 0 Å². The summed E-state index contributed by atoms with van der Waals surface area (Å²) in [4.78, 5) is 0. The maximum absolute atomic E-state index is 9.29. The van der Waals surface area contributed by atoms with Crippen LogP contribution in [-0.2, 0) is 6.42 Å². The summed E-state index contributed by atoms with van der Waals surface area (Å²) in [6, 6.07) is 30.1. The zero-order chi connectivity index (χ0) is 23.5. The summed E-state index contributed by atoms with van der Waals surface area (Å²) >= 11 is 8.93. The first-order valence-electron chi connectivity index (χ1n) is 9.86. The second-order valence-electron chi connectivity index (χ2n) is 7.42. The third-order valence-electron chi connectivity index (χ3n) is 5.29. The molecule has 0 heterocycles. The van der Waals surface area contributed by atoms with E-state index in [1.165, 1.54) is 11.1 Å². The third kappa shape index (κ3) is 5.72. The van der Waals surface area contributed by atoms with Crippen molar-refractivity contribution in [2.45, 2.75) is 6.42 Å². The SMILES string of the molecule is N#Cc1c(I)cc(-c2ccc(Cc3ccc(-c4cc(I)c(C#N)c(I)c4)cc3)cc2)cc1I. The van der Waals surface area contributed by atoms with E-state index in [0.29, 0.717) is 0 Å². The van der Waals surface area contributed by atoms with Gasteiger partial charge in [-0.05, 0) is 154 Å². The van der Waals surface area contributed by atoms with Crippen molar-refractivity contribution >= 4 is 90.4 Å². The monoisotopic (exact) mass is 874 g/mol. The number of benzene rings is 4. The fraction of sp³-hybridized carbons (Fsp3) is 0.0370. The fourth-order valence-electron chi connectivity index (χ4n) is 3.56. The minimum Gasteiger partial charge on any atom is -0.192 e. The fourth-order valence-corrected chi connectivity index (χ4v) is 7.58. The number of hydrogen-bond acceptors (Lipinski definition) is 2. The lowest BCUT2D eigenvalue weighted by atomic mass is 9.98. The van der Waals surface area contributed by atoms with Crippen LogP contribution in [0.15, 0.2) is 72.8 Å². The van der Waals surface area contributed by atoms with Gasteiger partial charge in [-0.15, -0.1) is 0 Å². The lowest BCUT2D eigenvalue weighted by molar-refractivity contribution is 1.19. The molecule has 0 radical (unpaired) electrons. The molecule has 0 saturated carbocycles. The molecule has 2 nitrogen and oxygen atoms in total. The Balaban J connectivity index is 1.52. The van der Waals surface area contributed by atoms with E-state index in [9.17, 15) is 10.5 Å². The van der Waals surface area contributed by atoms with Crippen LogP contribution in [-0.4, -0.2) is 0 Å². The molecule has 0 aliphatic carbocycles. The smallest absolute Gasteiger partial charge is 0.101 e. The number of nitrogens with zero attached hydrogens (tertiary/aromatic N) is 2. The molecule has 0 unspecified atom stereocenters. The normalized spacial score (nSPS) is 10.5. The van der Waals surface area contributed by atoms with E-state index in [0.717, 1.165) is 54.1 Å². The number of rotatable bonds is 4. The highest BCUT2D eigenvalue weighted by molar-refractivity contribution is 14.1. The van der Waals surface area contributed by atoms with Crippen LogP contribution < -0.4 is 0 Å². The van der Waals surface area contributed by atoms with E-state index >= 15 is 0 Å². The molecule has 0 bridgehead atoms. The van der Waals surface area contributed by atoms with Gasteiger partial charge < -0.3 is 0 Å². The highest BCUT2D eigenvalue weighted by atomic mass is 127. The lowest BCUT2D eigenvalue weighted by Gasteiger charge is -2.09. The molecular weight excluding hydrogens is 860 g/mol. The Morgan fingerprint density at radius 2 is 0.788 bits per heavy atom. The number of nitriles is 2. The first kappa shape index (κ1) is 24.9. The van der Waals surface area contributed by atoms with E-state index < -0.39 is 0 Å². The molecule has 0 aliphatic heterocycles. The molecule has 4 aromatic carbocycles. The van der Waals surface area contributed by atoms with Crippen LogP contribution in [0.5, 0.6) is 0 Å². The Bertz CT molecular complexity index is 1270. The van der Waals surface area contributed by atoms with Gasteiger partial charge in [0.15, 0.2) is 0 Å². The van der Waals surface area contributed by atoms with Crippen LogP contribution in [0.2, 0.25) is 0 Å². The van der Waals surface area contributed by atoms with E-state index in [1.807, 2.05) is 0 Å². The van der Waals surface area contributed by atoms with Crippen molar-refractivity contribution in [1.29, 1.82) is 10.5 Å².